The number of aliphatic hydroxyl groups excluding tert-OH is 1. The molecule has 0 bridgehead atoms. The van der Waals surface area contributed by atoms with Gasteiger partial charge in [0.1, 0.15) is 18.1 Å². The molecule has 0 atom stereocenters. The second kappa shape index (κ2) is 7.41. The maximum absolute atomic E-state index is 8.78. The Hall–Kier alpha value is -0.890. The Morgan fingerprint density at radius 2 is 2.27 bits per heavy atom. The average Bonchev–Trinajstić information content (AvgIpc) is 2.71. The van der Waals surface area contributed by atoms with Crippen LogP contribution in [-0.2, 0) is 13.2 Å². The van der Waals surface area contributed by atoms with E-state index in [1.807, 2.05) is 6.07 Å². The highest BCUT2D eigenvalue weighted by molar-refractivity contribution is 7.99. The molecule has 1 aromatic heterocycles. The molecule has 0 aliphatic carbocycles. The first-order valence-corrected chi connectivity index (χ1v) is 5.92. The van der Waals surface area contributed by atoms with Crippen LogP contribution >= 0.6 is 11.8 Å². The highest BCUT2D eigenvalue weighted by Gasteiger charge is 1.99. The zero-order valence-electron chi connectivity index (χ0n) is 8.53. The standard InChI is InChI=1S/C11H15NO2S/c1-2-6-15-7-5-12-8-10-3-4-11(9-13)14-10/h1,3-4,12-13H,5-9H2. The molecule has 0 aliphatic rings. The van der Waals surface area contributed by atoms with Gasteiger partial charge in [-0.05, 0) is 12.1 Å². The normalized spacial score (nSPS) is 10.1. The lowest BCUT2D eigenvalue weighted by molar-refractivity contribution is 0.243. The lowest BCUT2D eigenvalue weighted by Crippen LogP contribution is -2.16. The molecule has 2 N–H and O–H groups in total. The van der Waals surface area contributed by atoms with Crippen LogP contribution in [0.5, 0.6) is 0 Å². The average molecular weight is 225 g/mol. The Bertz CT molecular complexity index is 317. The molecule has 1 aromatic rings. The second-order valence-electron chi connectivity index (χ2n) is 2.96. The van der Waals surface area contributed by atoms with Crippen molar-refractivity contribution in [3.63, 3.8) is 0 Å². The minimum Gasteiger partial charge on any atom is -0.462 e. The summed E-state index contributed by atoms with van der Waals surface area (Å²) in [4.78, 5) is 0. The van der Waals surface area contributed by atoms with Crippen molar-refractivity contribution >= 4 is 11.8 Å². The first kappa shape index (κ1) is 12.2. The molecule has 0 aromatic carbocycles. The third kappa shape index (κ3) is 4.93. The summed E-state index contributed by atoms with van der Waals surface area (Å²) in [5, 5.41) is 12.0. The van der Waals surface area contributed by atoms with E-state index in [2.05, 4.69) is 11.2 Å². The van der Waals surface area contributed by atoms with Crippen LogP contribution in [0.25, 0.3) is 0 Å². The number of terminal acetylenes is 1. The van der Waals surface area contributed by atoms with Crippen molar-refractivity contribution in [2.75, 3.05) is 18.1 Å². The largest absolute Gasteiger partial charge is 0.462 e. The number of aliphatic hydroxyl groups is 1. The Morgan fingerprint density at radius 1 is 1.47 bits per heavy atom. The van der Waals surface area contributed by atoms with Crippen molar-refractivity contribution in [2.45, 2.75) is 13.2 Å². The number of thioether (sulfide) groups is 1. The summed E-state index contributed by atoms with van der Waals surface area (Å²) in [6.45, 7) is 1.55. The number of rotatable bonds is 7. The van der Waals surface area contributed by atoms with Crippen LogP contribution in [0.3, 0.4) is 0 Å². The summed E-state index contributed by atoms with van der Waals surface area (Å²) in [5.41, 5.74) is 0. The van der Waals surface area contributed by atoms with Gasteiger partial charge in [0.25, 0.3) is 0 Å². The predicted octanol–water partition coefficient (Wildman–Crippen LogP) is 1.23. The molecule has 0 saturated heterocycles. The molecule has 0 unspecified atom stereocenters. The van der Waals surface area contributed by atoms with E-state index in [1.165, 1.54) is 0 Å². The maximum atomic E-state index is 8.78. The van der Waals surface area contributed by atoms with Gasteiger partial charge in [0.2, 0.25) is 0 Å². The van der Waals surface area contributed by atoms with E-state index in [0.717, 1.165) is 23.8 Å². The molecule has 0 radical (unpaired) electrons. The van der Waals surface area contributed by atoms with Crippen molar-refractivity contribution in [3.8, 4) is 12.3 Å². The lowest BCUT2D eigenvalue weighted by Gasteiger charge is -2.00. The molecule has 4 heteroatoms. The van der Waals surface area contributed by atoms with Crippen LogP contribution in [0.4, 0.5) is 0 Å². The van der Waals surface area contributed by atoms with E-state index in [9.17, 15) is 0 Å². The van der Waals surface area contributed by atoms with Gasteiger partial charge in [-0.2, -0.15) is 0 Å². The summed E-state index contributed by atoms with van der Waals surface area (Å²) < 4.78 is 5.31. The summed E-state index contributed by atoms with van der Waals surface area (Å²) in [5.74, 6) is 5.79. The quantitative estimate of drug-likeness (QED) is 0.541. The highest BCUT2D eigenvalue weighted by atomic mass is 32.2. The number of hydrogen-bond acceptors (Lipinski definition) is 4. The Labute approximate surface area is 94.2 Å². The second-order valence-corrected chi connectivity index (χ2v) is 4.06. The number of hydrogen-bond donors (Lipinski definition) is 2. The van der Waals surface area contributed by atoms with Crippen molar-refractivity contribution in [1.29, 1.82) is 0 Å². The van der Waals surface area contributed by atoms with Crippen molar-refractivity contribution < 1.29 is 9.52 Å². The van der Waals surface area contributed by atoms with Gasteiger partial charge in [0.15, 0.2) is 0 Å². The molecule has 15 heavy (non-hydrogen) atoms. The van der Waals surface area contributed by atoms with Gasteiger partial charge in [-0.3, -0.25) is 0 Å². The third-order valence-electron chi connectivity index (χ3n) is 1.78. The molecule has 82 valence electrons. The topological polar surface area (TPSA) is 45.4 Å². The summed E-state index contributed by atoms with van der Waals surface area (Å²) in [7, 11) is 0. The molecule has 0 fully saturated rings. The van der Waals surface area contributed by atoms with Crippen LogP contribution in [0.2, 0.25) is 0 Å². The molecule has 1 heterocycles. The Balaban J connectivity index is 2.07. The van der Waals surface area contributed by atoms with Gasteiger partial charge < -0.3 is 14.8 Å². The minimum absolute atomic E-state index is 0.0436. The molecular formula is C11H15NO2S. The smallest absolute Gasteiger partial charge is 0.129 e. The van der Waals surface area contributed by atoms with E-state index >= 15 is 0 Å². The SMILES string of the molecule is C#CCSCCNCc1ccc(CO)o1. The van der Waals surface area contributed by atoms with Crippen LogP contribution in [0, 0.1) is 12.3 Å². The van der Waals surface area contributed by atoms with Crippen LogP contribution in [-0.4, -0.2) is 23.2 Å². The number of nitrogens with one attached hydrogen (secondary N) is 1. The predicted molar refractivity (Wildman–Crippen MR) is 62.5 cm³/mol. The molecule has 3 nitrogen and oxygen atoms in total. The van der Waals surface area contributed by atoms with Crippen molar-refractivity contribution in [1.82, 2.24) is 5.32 Å². The van der Waals surface area contributed by atoms with E-state index < -0.39 is 0 Å². The van der Waals surface area contributed by atoms with Gasteiger partial charge in [0.05, 0.1) is 12.3 Å². The van der Waals surface area contributed by atoms with Gasteiger partial charge in [0, 0.05) is 12.3 Å². The Kier molecular flexibility index (Phi) is 6.02. The van der Waals surface area contributed by atoms with Gasteiger partial charge in [-0.1, -0.05) is 5.92 Å². The molecule has 0 spiro atoms. The molecule has 0 aliphatic heterocycles. The minimum atomic E-state index is -0.0436. The van der Waals surface area contributed by atoms with Gasteiger partial charge >= 0.3 is 0 Å². The zero-order chi connectivity index (χ0) is 10.9. The summed E-state index contributed by atoms with van der Waals surface area (Å²) >= 11 is 1.73. The fourth-order valence-corrected chi connectivity index (χ4v) is 1.64. The van der Waals surface area contributed by atoms with Gasteiger partial charge in [-0.15, -0.1) is 18.2 Å². The first-order valence-electron chi connectivity index (χ1n) is 4.77. The number of furan rings is 1. The Morgan fingerprint density at radius 3 is 2.93 bits per heavy atom. The lowest BCUT2D eigenvalue weighted by atomic mass is 10.4. The van der Waals surface area contributed by atoms with E-state index in [0.29, 0.717) is 12.3 Å². The molecule has 0 amide bonds. The van der Waals surface area contributed by atoms with Crippen LogP contribution in [0.1, 0.15) is 11.5 Å². The van der Waals surface area contributed by atoms with Crippen LogP contribution in [0.15, 0.2) is 16.5 Å². The monoisotopic (exact) mass is 225 g/mol. The van der Waals surface area contributed by atoms with E-state index in [4.69, 9.17) is 15.9 Å². The van der Waals surface area contributed by atoms with Crippen LogP contribution < -0.4 is 5.32 Å². The van der Waals surface area contributed by atoms with Crippen molar-refractivity contribution in [3.05, 3.63) is 23.7 Å². The molecule has 0 saturated carbocycles. The van der Waals surface area contributed by atoms with E-state index in [1.54, 1.807) is 17.8 Å². The first-order chi connectivity index (χ1) is 7.36. The summed E-state index contributed by atoms with van der Waals surface area (Å²) in [6.07, 6.45) is 5.12. The molecular weight excluding hydrogens is 210 g/mol. The highest BCUT2D eigenvalue weighted by Crippen LogP contribution is 2.07. The fraction of sp³-hybridized carbons (Fsp3) is 0.455. The fourth-order valence-electron chi connectivity index (χ4n) is 1.09. The van der Waals surface area contributed by atoms with Crippen molar-refractivity contribution in [2.24, 2.45) is 0 Å². The zero-order valence-corrected chi connectivity index (χ0v) is 9.35. The molecule has 1 rings (SSSR count). The summed E-state index contributed by atoms with van der Waals surface area (Å²) in [6, 6.07) is 3.65. The van der Waals surface area contributed by atoms with E-state index in [-0.39, 0.29) is 6.61 Å². The van der Waals surface area contributed by atoms with Gasteiger partial charge in [-0.25, -0.2) is 0 Å². The maximum Gasteiger partial charge on any atom is 0.129 e. The third-order valence-corrected chi connectivity index (χ3v) is 2.64.